The van der Waals surface area contributed by atoms with Crippen LogP contribution in [-0.2, 0) is 21.2 Å². The molecule has 43 heavy (non-hydrogen) atoms. The second kappa shape index (κ2) is 10.8. The van der Waals surface area contributed by atoms with E-state index >= 15 is 0 Å². The number of nitrogens with zero attached hydrogens (tertiary/aromatic N) is 3. The lowest BCUT2D eigenvalue weighted by Crippen LogP contribution is -2.54. The van der Waals surface area contributed by atoms with Gasteiger partial charge in [0.05, 0.1) is 28.7 Å². The molecule has 0 saturated carbocycles. The molecule has 8 nitrogen and oxygen atoms in total. The van der Waals surface area contributed by atoms with Crippen LogP contribution in [0.1, 0.15) is 45.9 Å². The van der Waals surface area contributed by atoms with Crippen LogP contribution in [0.4, 0.5) is 8.78 Å². The maximum atomic E-state index is 14.6. The predicted octanol–water partition coefficient (Wildman–Crippen LogP) is 5.25. The van der Waals surface area contributed by atoms with E-state index in [1.807, 2.05) is 0 Å². The van der Waals surface area contributed by atoms with Crippen molar-refractivity contribution in [3.63, 3.8) is 0 Å². The Balaban J connectivity index is 1.43. The number of piperidine rings is 1. The summed E-state index contributed by atoms with van der Waals surface area (Å²) in [6.45, 7) is 0.653. The minimum atomic E-state index is -3.77. The number of rotatable bonds is 7. The number of sulfonamides is 1. The number of hydrogen-bond acceptors (Lipinski definition) is 7. The molecule has 0 bridgehead atoms. The largest absolute Gasteiger partial charge is 0.377 e. The van der Waals surface area contributed by atoms with E-state index in [0.29, 0.717) is 53.1 Å². The van der Waals surface area contributed by atoms with E-state index in [-0.39, 0.29) is 42.2 Å². The average molecular weight is 623 g/mol. The van der Waals surface area contributed by atoms with Crippen molar-refractivity contribution in [2.45, 2.75) is 31.8 Å². The number of ketones is 1. The molecule has 1 N–H and O–H groups in total. The molecule has 12 heteroatoms. The van der Waals surface area contributed by atoms with Crippen LogP contribution in [0.3, 0.4) is 0 Å². The second-order valence-corrected chi connectivity index (χ2v) is 14.1. The number of carbonyl (C=O) groups excluding carboxylic acids is 1. The van der Waals surface area contributed by atoms with E-state index < -0.39 is 27.1 Å². The fourth-order valence-electron chi connectivity index (χ4n) is 6.64. The number of Topliss-reactive ketones (excluding diaryl/α,β-unsaturated/α-hetero) is 1. The number of H-pyrrole nitrogens is 1. The molecule has 2 aromatic carbocycles. The molecule has 222 valence electrons. The van der Waals surface area contributed by atoms with E-state index in [0.717, 1.165) is 12.0 Å². The van der Waals surface area contributed by atoms with E-state index in [1.165, 1.54) is 39.9 Å². The highest BCUT2D eigenvalue weighted by Gasteiger charge is 2.54. The van der Waals surface area contributed by atoms with Gasteiger partial charge in [0.1, 0.15) is 11.6 Å². The Labute approximate surface area is 251 Å². The molecule has 7 rings (SSSR count). The first-order valence-corrected chi connectivity index (χ1v) is 16.6. The zero-order valence-corrected chi connectivity index (χ0v) is 24.7. The van der Waals surface area contributed by atoms with Gasteiger partial charge in [0.2, 0.25) is 15.8 Å². The Bertz CT molecular complexity index is 1810. The SMILES string of the molecule is O=C(c1nccs1)[C@]12Cc3c(-c4ccc(F)cc4)n[nH]c3C(c3ccc(F)cc3)=C1CCN(S(=O)(=O)C[C@H]1CCCO1)C2. The van der Waals surface area contributed by atoms with Gasteiger partial charge in [-0.05, 0) is 73.2 Å². The summed E-state index contributed by atoms with van der Waals surface area (Å²) in [6.07, 6.45) is 3.13. The van der Waals surface area contributed by atoms with Crippen LogP contribution in [-0.4, -0.2) is 65.2 Å². The quantitative estimate of drug-likeness (QED) is 0.282. The lowest BCUT2D eigenvalue weighted by atomic mass is 9.62. The summed E-state index contributed by atoms with van der Waals surface area (Å²) >= 11 is 1.21. The van der Waals surface area contributed by atoms with Crippen LogP contribution in [0.25, 0.3) is 16.8 Å². The lowest BCUT2D eigenvalue weighted by molar-refractivity contribution is 0.0772. The monoisotopic (exact) mass is 622 g/mol. The van der Waals surface area contributed by atoms with Crippen molar-refractivity contribution < 1.29 is 26.7 Å². The number of hydrogen-bond donors (Lipinski definition) is 1. The molecule has 2 saturated heterocycles. The number of nitrogens with one attached hydrogen (secondary N) is 1. The minimum absolute atomic E-state index is 0.0754. The first-order valence-electron chi connectivity index (χ1n) is 14.1. The summed E-state index contributed by atoms with van der Waals surface area (Å²) in [6, 6.07) is 12.0. The third-order valence-corrected chi connectivity index (χ3v) is 11.3. The van der Waals surface area contributed by atoms with Crippen LogP contribution in [0.5, 0.6) is 0 Å². The Morgan fingerprint density at radius 2 is 1.81 bits per heavy atom. The Hall–Kier alpha value is -3.58. The number of fused-ring (bicyclic) bond motifs is 2. The third kappa shape index (κ3) is 4.95. The van der Waals surface area contributed by atoms with Crippen molar-refractivity contribution >= 4 is 32.7 Å². The molecule has 0 unspecified atom stereocenters. The Morgan fingerprint density at radius 3 is 2.47 bits per heavy atom. The van der Waals surface area contributed by atoms with Crippen molar-refractivity contribution in [2.24, 2.45) is 5.41 Å². The first kappa shape index (κ1) is 28.2. The number of carbonyl (C=O) groups is 1. The summed E-state index contributed by atoms with van der Waals surface area (Å²) in [5, 5.41) is 9.76. The van der Waals surface area contributed by atoms with E-state index in [9.17, 15) is 22.0 Å². The third-order valence-electron chi connectivity index (χ3n) is 8.66. The van der Waals surface area contributed by atoms with Gasteiger partial charge in [0.25, 0.3) is 0 Å². The van der Waals surface area contributed by atoms with Crippen molar-refractivity contribution in [1.29, 1.82) is 0 Å². The molecule has 3 aliphatic rings. The topological polar surface area (TPSA) is 105 Å². The molecule has 0 amide bonds. The van der Waals surface area contributed by atoms with E-state index in [2.05, 4.69) is 15.2 Å². The van der Waals surface area contributed by atoms with E-state index in [1.54, 1.807) is 35.8 Å². The molecule has 2 atom stereocenters. The molecule has 4 aromatic rings. The maximum absolute atomic E-state index is 14.6. The average Bonchev–Trinajstić information content (AvgIpc) is 3.79. The van der Waals surface area contributed by atoms with Gasteiger partial charge in [-0.2, -0.15) is 5.10 Å². The van der Waals surface area contributed by atoms with Gasteiger partial charge in [0.15, 0.2) is 5.01 Å². The zero-order chi connectivity index (χ0) is 29.8. The van der Waals surface area contributed by atoms with Crippen LogP contribution >= 0.6 is 11.3 Å². The van der Waals surface area contributed by atoms with Crippen LogP contribution in [0, 0.1) is 17.0 Å². The Morgan fingerprint density at radius 1 is 1.09 bits per heavy atom. The molecular weight excluding hydrogens is 594 g/mol. The molecule has 2 aromatic heterocycles. The van der Waals surface area contributed by atoms with Gasteiger partial charge < -0.3 is 4.74 Å². The smallest absolute Gasteiger partial charge is 0.216 e. The van der Waals surface area contributed by atoms with E-state index in [4.69, 9.17) is 4.74 Å². The maximum Gasteiger partial charge on any atom is 0.216 e. The molecule has 0 spiro atoms. The lowest BCUT2D eigenvalue weighted by Gasteiger charge is -2.46. The highest BCUT2D eigenvalue weighted by molar-refractivity contribution is 7.89. The number of aromatic nitrogens is 3. The molecule has 2 aliphatic heterocycles. The summed E-state index contributed by atoms with van der Waals surface area (Å²) < 4.78 is 62.6. The van der Waals surface area contributed by atoms with Gasteiger partial charge in [-0.1, -0.05) is 12.1 Å². The predicted molar refractivity (Wildman–Crippen MR) is 158 cm³/mol. The van der Waals surface area contributed by atoms with Crippen molar-refractivity contribution in [2.75, 3.05) is 25.4 Å². The highest BCUT2D eigenvalue weighted by Crippen LogP contribution is 2.52. The molecule has 2 fully saturated rings. The van der Waals surface area contributed by atoms with Gasteiger partial charge in [-0.25, -0.2) is 26.5 Å². The number of aromatic amines is 1. The summed E-state index contributed by atoms with van der Waals surface area (Å²) in [7, 11) is -3.77. The number of thiazole rings is 1. The molecular formula is C31H28F2N4O4S2. The van der Waals surface area contributed by atoms with Crippen LogP contribution < -0.4 is 0 Å². The van der Waals surface area contributed by atoms with Gasteiger partial charge in [-0.3, -0.25) is 9.89 Å². The minimum Gasteiger partial charge on any atom is -0.377 e. The molecule has 1 aliphatic carbocycles. The van der Waals surface area contributed by atoms with Crippen LogP contribution in [0.2, 0.25) is 0 Å². The van der Waals surface area contributed by atoms with Crippen molar-refractivity contribution in [3.8, 4) is 11.3 Å². The van der Waals surface area contributed by atoms with Gasteiger partial charge in [0, 0.05) is 48.0 Å². The summed E-state index contributed by atoms with van der Waals surface area (Å²) in [4.78, 5) is 19.0. The van der Waals surface area contributed by atoms with Crippen molar-refractivity contribution in [1.82, 2.24) is 19.5 Å². The number of benzene rings is 2. The standard InChI is InChI=1S/C31H28F2N4O4S2/c32-21-7-3-19(4-8-21)26-25-11-13-37(43(39,40)17-23-2-1-14-41-23)18-31(25,29(38)30-34-12-15-42-30)16-24-27(35-36-28(24)26)20-5-9-22(33)10-6-20/h3-10,12,15,23H,1-2,11,13-14,16-18H2,(H,35,36)/t23-,31+/m1/s1. The number of halogens is 2. The summed E-state index contributed by atoms with van der Waals surface area (Å²) in [5.74, 6) is -1.21. The normalized spacial score (nSPS) is 22.4. The number of ether oxygens (including phenoxy) is 1. The molecule has 0 radical (unpaired) electrons. The van der Waals surface area contributed by atoms with Gasteiger partial charge >= 0.3 is 0 Å². The van der Waals surface area contributed by atoms with Crippen molar-refractivity contribution in [3.05, 3.63) is 99.1 Å². The first-order chi connectivity index (χ1) is 20.7. The van der Waals surface area contributed by atoms with Gasteiger partial charge in [-0.15, -0.1) is 11.3 Å². The molecule has 4 heterocycles. The summed E-state index contributed by atoms with van der Waals surface area (Å²) in [5.41, 5.74) is 3.42. The fourth-order valence-corrected chi connectivity index (χ4v) is 9.04. The highest BCUT2D eigenvalue weighted by atomic mass is 32.2. The second-order valence-electron chi connectivity index (χ2n) is 11.2. The van der Waals surface area contributed by atoms with Crippen LogP contribution in [0.15, 0.2) is 65.7 Å². The fraction of sp³-hybridized carbons (Fsp3) is 0.323. The Kier molecular flexibility index (Phi) is 7.12. The zero-order valence-electron chi connectivity index (χ0n) is 23.1.